The molecule has 3 aromatic heterocycles. The molecule has 0 aromatic carbocycles. The molecule has 0 amide bonds. The van der Waals surface area contributed by atoms with E-state index < -0.39 is 4.92 Å². The van der Waals surface area contributed by atoms with Crippen molar-refractivity contribution in [2.75, 3.05) is 0 Å². The highest BCUT2D eigenvalue weighted by molar-refractivity contribution is 8.02. The molecule has 0 bridgehead atoms. The summed E-state index contributed by atoms with van der Waals surface area (Å²) in [4.78, 5) is 31.8. The van der Waals surface area contributed by atoms with E-state index in [4.69, 9.17) is 4.42 Å². The number of nitrogens with one attached hydrogen (secondary N) is 1. The standard InChI is InChI=1S/C16H13N3O4S2/c20-14-13-10-3-1-2-4-11(10)25-15(13)18-16(17-14)24-8-7-9-5-6-12(23-9)19(21)22/h5-8H,1-4H2,(H,17,18,20)/b8-7+. The smallest absolute Gasteiger partial charge is 0.401 e. The summed E-state index contributed by atoms with van der Waals surface area (Å²) < 4.78 is 5.04. The molecule has 25 heavy (non-hydrogen) atoms. The number of rotatable bonds is 4. The van der Waals surface area contributed by atoms with Gasteiger partial charge in [0.15, 0.2) is 5.16 Å². The van der Waals surface area contributed by atoms with E-state index in [0.29, 0.717) is 10.9 Å². The van der Waals surface area contributed by atoms with Gasteiger partial charge >= 0.3 is 5.88 Å². The minimum absolute atomic E-state index is 0.103. The van der Waals surface area contributed by atoms with E-state index in [1.54, 1.807) is 22.8 Å². The van der Waals surface area contributed by atoms with Crippen LogP contribution in [0.15, 0.2) is 31.9 Å². The summed E-state index contributed by atoms with van der Waals surface area (Å²) in [7, 11) is 0. The zero-order chi connectivity index (χ0) is 17.4. The van der Waals surface area contributed by atoms with Gasteiger partial charge in [-0.15, -0.1) is 11.3 Å². The van der Waals surface area contributed by atoms with Crippen molar-refractivity contribution in [2.45, 2.75) is 30.8 Å². The molecule has 1 aliphatic rings. The molecule has 0 spiro atoms. The minimum atomic E-state index is -0.587. The second kappa shape index (κ2) is 6.49. The number of thioether (sulfide) groups is 1. The maximum absolute atomic E-state index is 12.4. The quantitative estimate of drug-likeness (QED) is 0.318. The molecular formula is C16H13N3O4S2. The zero-order valence-corrected chi connectivity index (χ0v) is 14.6. The van der Waals surface area contributed by atoms with Gasteiger partial charge in [0.25, 0.3) is 5.56 Å². The Morgan fingerprint density at radius 1 is 1.36 bits per heavy atom. The van der Waals surface area contributed by atoms with Crippen molar-refractivity contribution in [3.63, 3.8) is 0 Å². The van der Waals surface area contributed by atoms with Crippen LogP contribution in [0.4, 0.5) is 5.88 Å². The third kappa shape index (κ3) is 3.12. The second-order valence-electron chi connectivity index (χ2n) is 5.62. The largest absolute Gasteiger partial charge is 0.433 e. The van der Waals surface area contributed by atoms with Crippen molar-refractivity contribution in [2.24, 2.45) is 0 Å². The summed E-state index contributed by atoms with van der Waals surface area (Å²) in [5.74, 6) is 0.0657. The van der Waals surface area contributed by atoms with Crippen LogP contribution < -0.4 is 5.56 Å². The number of aromatic nitrogens is 2. The van der Waals surface area contributed by atoms with E-state index in [-0.39, 0.29) is 11.4 Å². The molecule has 3 heterocycles. The van der Waals surface area contributed by atoms with Crippen molar-refractivity contribution in [3.8, 4) is 0 Å². The van der Waals surface area contributed by atoms with Crippen LogP contribution in [0.1, 0.15) is 29.0 Å². The van der Waals surface area contributed by atoms with Gasteiger partial charge in [0.05, 0.1) is 11.5 Å². The lowest BCUT2D eigenvalue weighted by Gasteiger charge is -2.09. The molecule has 0 saturated carbocycles. The number of aryl methyl sites for hydroxylation is 2. The van der Waals surface area contributed by atoms with Gasteiger partial charge < -0.3 is 9.40 Å². The summed E-state index contributed by atoms with van der Waals surface area (Å²) >= 11 is 2.84. The van der Waals surface area contributed by atoms with Crippen LogP contribution >= 0.6 is 23.1 Å². The number of fused-ring (bicyclic) bond motifs is 3. The Bertz CT molecular complexity index is 1050. The van der Waals surface area contributed by atoms with E-state index >= 15 is 0 Å². The maximum Gasteiger partial charge on any atom is 0.433 e. The van der Waals surface area contributed by atoms with Crippen molar-refractivity contribution in [3.05, 3.63) is 54.2 Å². The highest BCUT2D eigenvalue weighted by atomic mass is 32.2. The lowest BCUT2D eigenvalue weighted by Crippen LogP contribution is -2.10. The Kier molecular flexibility index (Phi) is 4.18. The minimum Gasteiger partial charge on any atom is -0.401 e. The number of thiophene rings is 1. The van der Waals surface area contributed by atoms with Crippen LogP contribution in [0.5, 0.6) is 0 Å². The first-order valence-electron chi connectivity index (χ1n) is 7.74. The number of furan rings is 1. The Morgan fingerprint density at radius 3 is 3.00 bits per heavy atom. The topological polar surface area (TPSA) is 102 Å². The Balaban J connectivity index is 1.58. The third-order valence-electron chi connectivity index (χ3n) is 4.01. The number of nitro groups is 1. The molecule has 3 aromatic rings. The summed E-state index contributed by atoms with van der Waals surface area (Å²) in [6.45, 7) is 0. The van der Waals surface area contributed by atoms with Crippen LogP contribution in [0.3, 0.4) is 0 Å². The lowest BCUT2D eigenvalue weighted by atomic mass is 9.97. The third-order valence-corrected chi connectivity index (χ3v) is 5.88. The molecule has 0 unspecified atom stereocenters. The average Bonchev–Trinajstić information content (AvgIpc) is 3.19. The summed E-state index contributed by atoms with van der Waals surface area (Å²) in [5, 5.41) is 13.5. The van der Waals surface area contributed by atoms with Gasteiger partial charge in [-0.1, -0.05) is 11.8 Å². The predicted molar refractivity (Wildman–Crippen MR) is 97.1 cm³/mol. The van der Waals surface area contributed by atoms with Gasteiger partial charge in [0, 0.05) is 4.88 Å². The number of aromatic amines is 1. The maximum atomic E-state index is 12.4. The van der Waals surface area contributed by atoms with Crippen molar-refractivity contribution in [1.82, 2.24) is 9.97 Å². The number of hydrogen-bond acceptors (Lipinski definition) is 7. The first-order chi connectivity index (χ1) is 12.1. The molecule has 0 fully saturated rings. The van der Waals surface area contributed by atoms with E-state index in [2.05, 4.69) is 9.97 Å². The normalized spacial score (nSPS) is 14.2. The highest BCUT2D eigenvalue weighted by Gasteiger charge is 2.19. The van der Waals surface area contributed by atoms with Gasteiger partial charge in [-0.3, -0.25) is 14.9 Å². The number of nitrogens with zero attached hydrogens (tertiary/aromatic N) is 2. The second-order valence-corrected chi connectivity index (χ2v) is 7.59. The van der Waals surface area contributed by atoms with Crippen LogP contribution in [-0.4, -0.2) is 14.9 Å². The van der Waals surface area contributed by atoms with Gasteiger partial charge in [-0.05, 0) is 48.8 Å². The van der Waals surface area contributed by atoms with Crippen LogP contribution in [0, 0.1) is 10.1 Å². The fraction of sp³-hybridized carbons (Fsp3) is 0.250. The van der Waals surface area contributed by atoms with Gasteiger partial charge in [0.1, 0.15) is 15.5 Å². The zero-order valence-electron chi connectivity index (χ0n) is 13.0. The fourth-order valence-electron chi connectivity index (χ4n) is 2.90. The highest BCUT2D eigenvalue weighted by Crippen LogP contribution is 2.34. The number of hydrogen-bond donors (Lipinski definition) is 1. The van der Waals surface area contributed by atoms with E-state index in [0.717, 1.165) is 41.5 Å². The van der Waals surface area contributed by atoms with Crippen molar-refractivity contribution in [1.29, 1.82) is 0 Å². The molecule has 0 atom stereocenters. The average molecular weight is 375 g/mol. The summed E-state index contributed by atoms with van der Waals surface area (Å²) in [6.07, 6.45) is 5.85. The Labute approximate surface area is 149 Å². The van der Waals surface area contributed by atoms with Crippen molar-refractivity contribution < 1.29 is 9.34 Å². The van der Waals surface area contributed by atoms with E-state index in [9.17, 15) is 14.9 Å². The molecule has 7 nitrogen and oxygen atoms in total. The van der Waals surface area contributed by atoms with Crippen LogP contribution in [0.25, 0.3) is 16.3 Å². The molecule has 0 aliphatic heterocycles. The van der Waals surface area contributed by atoms with E-state index in [1.807, 2.05) is 0 Å². The number of H-pyrrole nitrogens is 1. The van der Waals surface area contributed by atoms with Gasteiger partial charge in [-0.2, -0.15) is 0 Å². The van der Waals surface area contributed by atoms with Crippen LogP contribution in [-0.2, 0) is 12.8 Å². The van der Waals surface area contributed by atoms with Gasteiger partial charge in [-0.25, -0.2) is 4.98 Å². The molecule has 4 rings (SSSR count). The molecular weight excluding hydrogens is 362 g/mol. The molecule has 0 radical (unpaired) electrons. The summed E-state index contributed by atoms with van der Waals surface area (Å²) in [6, 6.07) is 2.81. The predicted octanol–water partition coefficient (Wildman–Crippen LogP) is 4.13. The molecule has 9 heteroatoms. The van der Waals surface area contributed by atoms with Crippen LogP contribution in [0.2, 0.25) is 0 Å². The Hall–Kier alpha value is -2.39. The SMILES string of the molecule is O=c1[nH]c(S/C=C/c2ccc([N+](=O)[O-])o2)nc2sc3c(c12)CCCC3. The molecule has 0 saturated heterocycles. The van der Waals surface area contributed by atoms with Crippen molar-refractivity contribution >= 4 is 45.3 Å². The molecule has 128 valence electrons. The first kappa shape index (κ1) is 16.1. The monoisotopic (exact) mass is 375 g/mol. The first-order valence-corrected chi connectivity index (χ1v) is 9.43. The van der Waals surface area contributed by atoms with E-state index in [1.165, 1.54) is 28.8 Å². The molecule has 1 aliphatic carbocycles. The molecule has 1 N–H and O–H groups in total. The lowest BCUT2D eigenvalue weighted by molar-refractivity contribution is -0.402. The Morgan fingerprint density at radius 2 is 2.20 bits per heavy atom. The van der Waals surface area contributed by atoms with Gasteiger partial charge in [0.2, 0.25) is 0 Å². The fourth-order valence-corrected chi connectivity index (χ4v) is 4.84. The summed E-state index contributed by atoms with van der Waals surface area (Å²) in [5.41, 5.74) is 1.06.